The number of piperidine rings is 1. The third-order valence-corrected chi connectivity index (χ3v) is 5.95. The third kappa shape index (κ3) is 2.60. The van der Waals surface area contributed by atoms with Gasteiger partial charge < -0.3 is 9.88 Å². The number of aryl methyl sites for hydroxylation is 1. The first-order valence-corrected chi connectivity index (χ1v) is 9.58. The summed E-state index contributed by atoms with van der Waals surface area (Å²) in [7, 11) is 1.78. The summed E-state index contributed by atoms with van der Waals surface area (Å²) in [5.74, 6) is 1.14. The Morgan fingerprint density at radius 3 is 2.86 bits per heavy atom. The molecule has 0 amide bonds. The van der Waals surface area contributed by atoms with Crippen molar-refractivity contribution in [2.24, 2.45) is 13.0 Å². The number of aromatic nitrogens is 6. The molecular weight excluding hydrogens is 368 g/mol. The van der Waals surface area contributed by atoms with Crippen LogP contribution in [0.1, 0.15) is 24.9 Å². The molecule has 4 aromatic heterocycles. The van der Waals surface area contributed by atoms with Crippen LogP contribution in [0.4, 0.5) is 5.82 Å². The van der Waals surface area contributed by atoms with Gasteiger partial charge in [0.15, 0.2) is 5.65 Å². The van der Waals surface area contributed by atoms with E-state index < -0.39 is 0 Å². The van der Waals surface area contributed by atoms with Gasteiger partial charge in [0, 0.05) is 26.3 Å². The van der Waals surface area contributed by atoms with Crippen LogP contribution in [0.5, 0.6) is 0 Å². The van der Waals surface area contributed by atoms with Gasteiger partial charge in [0.25, 0.3) is 0 Å². The third-order valence-electron chi connectivity index (χ3n) is 5.95. The van der Waals surface area contributed by atoms with E-state index in [0.29, 0.717) is 23.7 Å². The highest BCUT2D eigenvalue weighted by atomic mass is 16.1. The molecule has 0 bridgehead atoms. The molecule has 2 atom stereocenters. The lowest BCUT2D eigenvalue weighted by Crippen LogP contribution is -2.44. The van der Waals surface area contributed by atoms with Crippen LogP contribution in [0, 0.1) is 17.2 Å². The number of imidazole rings is 2. The Hall–Kier alpha value is -3.67. The van der Waals surface area contributed by atoms with E-state index in [4.69, 9.17) is 5.26 Å². The molecule has 9 nitrogen and oxygen atoms in total. The molecule has 146 valence electrons. The number of hydrogen-bond donors (Lipinski definition) is 1. The number of aromatic amines is 1. The molecule has 29 heavy (non-hydrogen) atoms. The Morgan fingerprint density at radius 2 is 2.10 bits per heavy atom. The number of pyridine rings is 2. The number of nitrogens with one attached hydrogen (secondary N) is 1. The van der Waals surface area contributed by atoms with E-state index in [1.807, 2.05) is 10.6 Å². The van der Waals surface area contributed by atoms with Crippen molar-refractivity contribution in [3.05, 3.63) is 46.9 Å². The molecule has 5 heterocycles. The molecular formula is C20H20N8O. The summed E-state index contributed by atoms with van der Waals surface area (Å²) in [5.41, 5.74) is 3.48. The zero-order valence-electron chi connectivity index (χ0n) is 16.2. The van der Waals surface area contributed by atoms with Crippen LogP contribution in [0.15, 0.2) is 35.6 Å². The summed E-state index contributed by atoms with van der Waals surface area (Å²) >= 11 is 0. The van der Waals surface area contributed by atoms with Crippen molar-refractivity contribution < 1.29 is 0 Å². The van der Waals surface area contributed by atoms with Crippen molar-refractivity contribution >= 4 is 28.0 Å². The number of anilines is 1. The number of fused-ring (bicyclic) bond motifs is 3. The topological polar surface area (TPSA) is 108 Å². The fourth-order valence-corrected chi connectivity index (χ4v) is 4.26. The van der Waals surface area contributed by atoms with Crippen LogP contribution in [-0.2, 0) is 7.05 Å². The highest BCUT2D eigenvalue weighted by Crippen LogP contribution is 2.32. The predicted molar refractivity (Wildman–Crippen MR) is 109 cm³/mol. The van der Waals surface area contributed by atoms with Gasteiger partial charge in [0.2, 0.25) is 0 Å². The lowest BCUT2D eigenvalue weighted by Gasteiger charge is -2.38. The van der Waals surface area contributed by atoms with Crippen LogP contribution in [-0.4, -0.2) is 42.2 Å². The summed E-state index contributed by atoms with van der Waals surface area (Å²) in [6.07, 6.45) is 5.85. The van der Waals surface area contributed by atoms with E-state index in [1.165, 1.54) is 0 Å². The van der Waals surface area contributed by atoms with E-state index in [0.717, 1.165) is 35.3 Å². The van der Waals surface area contributed by atoms with Crippen LogP contribution >= 0.6 is 0 Å². The number of hydrogen-bond acceptors (Lipinski definition) is 6. The molecule has 5 rings (SSSR count). The Bertz CT molecular complexity index is 1310. The van der Waals surface area contributed by atoms with Crippen molar-refractivity contribution in [3.63, 3.8) is 0 Å². The minimum atomic E-state index is -0.0598. The summed E-state index contributed by atoms with van der Waals surface area (Å²) in [5, 5.41) is 9.01. The monoisotopic (exact) mass is 388 g/mol. The van der Waals surface area contributed by atoms with Gasteiger partial charge in [-0.25, -0.2) is 19.7 Å². The molecule has 0 aromatic carbocycles. The highest BCUT2D eigenvalue weighted by molar-refractivity contribution is 5.98. The van der Waals surface area contributed by atoms with Gasteiger partial charge in [-0.1, -0.05) is 6.92 Å². The SMILES string of the molecule is C[C@@H]1CCN(c2ccc(C#N)cn2)C[C@@H]1n1c(=O)n(C)c2cnc3nc[nH]c3c21. The normalized spacial score (nSPS) is 19.7. The quantitative estimate of drug-likeness (QED) is 0.562. The lowest BCUT2D eigenvalue weighted by atomic mass is 9.93. The molecule has 4 aromatic rings. The molecule has 0 aliphatic carbocycles. The zero-order chi connectivity index (χ0) is 20.1. The second kappa shape index (κ2) is 6.44. The van der Waals surface area contributed by atoms with Crippen molar-refractivity contribution in [2.75, 3.05) is 18.0 Å². The van der Waals surface area contributed by atoms with Crippen LogP contribution < -0.4 is 10.6 Å². The van der Waals surface area contributed by atoms with E-state index in [9.17, 15) is 4.79 Å². The maximum Gasteiger partial charge on any atom is 0.329 e. The van der Waals surface area contributed by atoms with Crippen molar-refractivity contribution in [1.82, 2.24) is 29.1 Å². The largest absolute Gasteiger partial charge is 0.355 e. The zero-order valence-corrected chi connectivity index (χ0v) is 16.2. The van der Waals surface area contributed by atoms with E-state index in [1.54, 1.807) is 36.4 Å². The van der Waals surface area contributed by atoms with Gasteiger partial charge in [-0.05, 0) is 24.5 Å². The lowest BCUT2D eigenvalue weighted by molar-refractivity contribution is 0.297. The molecule has 1 saturated heterocycles. The molecule has 1 aliphatic heterocycles. The summed E-state index contributed by atoms with van der Waals surface area (Å²) < 4.78 is 3.53. The smallest absolute Gasteiger partial charge is 0.329 e. The second-order valence-corrected chi connectivity index (χ2v) is 7.60. The Balaban J connectivity index is 1.63. The molecule has 1 N–H and O–H groups in total. The highest BCUT2D eigenvalue weighted by Gasteiger charge is 2.32. The average molecular weight is 388 g/mol. The molecule has 0 radical (unpaired) electrons. The Morgan fingerprint density at radius 1 is 1.24 bits per heavy atom. The molecule has 1 fully saturated rings. The van der Waals surface area contributed by atoms with Gasteiger partial charge in [-0.15, -0.1) is 0 Å². The van der Waals surface area contributed by atoms with Gasteiger partial charge in [-0.3, -0.25) is 9.13 Å². The first-order chi connectivity index (χ1) is 14.1. The second-order valence-electron chi connectivity index (χ2n) is 7.60. The maximum absolute atomic E-state index is 13.2. The van der Waals surface area contributed by atoms with Gasteiger partial charge >= 0.3 is 5.69 Å². The molecule has 9 heteroatoms. The summed E-state index contributed by atoms with van der Waals surface area (Å²) in [6.45, 7) is 3.71. The minimum absolute atomic E-state index is 0.0220. The molecule has 1 aliphatic rings. The molecule has 0 spiro atoms. The summed E-state index contributed by atoms with van der Waals surface area (Å²) in [6, 6.07) is 5.72. The van der Waals surface area contributed by atoms with Crippen molar-refractivity contribution in [3.8, 4) is 6.07 Å². The van der Waals surface area contributed by atoms with Crippen LogP contribution in [0.2, 0.25) is 0 Å². The average Bonchev–Trinajstić information content (AvgIpc) is 3.32. The van der Waals surface area contributed by atoms with Gasteiger partial charge in [-0.2, -0.15) is 5.26 Å². The van der Waals surface area contributed by atoms with E-state index in [-0.39, 0.29) is 11.7 Å². The Kier molecular flexibility index (Phi) is 3.87. The molecule has 0 saturated carbocycles. The van der Waals surface area contributed by atoms with Gasteiger partial charge in [0.1, 0.15) is 17.4 Å². The fourth-order valence-electron chi connectivity index (χ4n) is 4.26. The van der Waals surface area contributed by atoms with E-state index >= 15 is 0 Å². The predicted octanol–water partition coefficient (Wildman–Crippen LogP) is 1.97. The molecule has 0 unspecified atom stereocenters. The number of rotatable bonds is 2. The first-order valence-electron chi connectivity index (χ1n) is 9.58. The van der Waals surface area contributed by atoms with E-state index in [2.05, 4.69) is 37.8 Å². The minimum Gasteiger partial charge on any atom is -0.355 e. The summed E-state index contributed by atoms with van der Waals surface area (Å²) in [4.78, 5) is 31.6. The van der Waals surface area contributed by atoms with Crippen molar-refractivity contribution in [1.29, 1.82) is 5.26 Å². The maximum atomic E-state index is 13.2. The first kappa shape index (κ1) is 17.4. The fraction of sp³-hybridized carbons (Fsp3) is 0.350. The number of nitrogens with zero attached hydrogens (tertiary/aromatic N) is 7. The van der Waals surface area contributed by atoms with Crippen molar-refractivity contribution in [2.45, 2.75) is 19.4 Å². The number of H-pyrrole nitrogens is 1. The van der Waals surface area contributed by atoms with Crippen LogP contribution in [0.25, 0.3) is 22.2 Å². The number of nitriles is 1. The Labute approximate surface area is 166 Å². The standard InChI is InChI=1S/C20H20N8O/c1-12-5-6-27(16-4-3-13(7-21)8-22-16)10-15(12)28-18-14(26(2)20(28)29)9-23-19-17(18)24-11-25-19/h3-4,8-9,11-12,15H,5-6,10H2,1-2H3,(H,23,24,25)/t12-,15+/m1/s1. The van der Waals surface area contributed by atoms with Crippen LogP contribution in [0.3, 0.4) is 0 Å². The van der Waals surface area contributed by atoms with Gasteiger partial charge in [0.05, 0.1) is 35.2 Å².